The number of nitrogens with zero attached hydrogens (tertiary/aromatic N) is 2. The summed E-state index contributed by atoms with van der Waals surface area (Å²) in [4.78, 5) is 30.4. The van der Waals surface area contributed by atoms with E-state index in [1.807, 2.05) is 18.7 Å². The maximum absolute atomic E-state index is 12.3. The highest BCUT2D eigenvalue weighted by Crippen LogP contribution is 2.30. The number of halogens is 1. The van der Waals surface area contributed by atoms with Crippen molar-refractivity contribution in [3.05, 3.63) is 23.2 Å². The highest BCUT2D eigenvalue weighted by atomic mass is 35.5. The van der Waals surface area contributed by atoms with Crippen LogP contribution in [0.2, 0.25) is 5.02 Å². The van der Waals surface area contributed by atoms with Gasteiger partial charge in [0.25, 0.3) is 5.91 Å². The Morgan fingerprint density at radius 1 is 1.42 bits per heavy atom. The monoisotopic (exact) mass is 369 g/mol. The number of carbonyl (C=O) groups excluding carboxylic acids is 2. The molecule has 1 N–H and O–H groups in total. The third-order valence-electron chi connectivity index (χ3n) is 3.57. The number of hydrogen-bond donors (Lipinski definition) is 1. The summed E-state index contributed by atoms with van der Waals surface area (Å²) in [6.07, 6.45) is 0.0490. The molecule has 0 saturated carbocycles. The van der Waals surface area contributed by atoms with Gasteiger partial charge >= 0.3 is 0 Å². The summed E-state index contributed by atoms with van der Waals surface area (Å²) in [7, 11) is 1.51. The zero-order chi connectivity index (χ0) is 17.7. The molecular weight excluding hydrogens is 350 g/mol. The highest BCUT2D eigenvalue weighted by Gasteiger charge is 2.32. The zero-order valence-corrected chi connectivity index (χ0v) is 15.4. The molecule has 0 saturated heterocycles. The van der Waals surface area contributed by atoms with Crippen molar-refractivity contribution in [2.24, 2.45) is 4.99 Å². The van der Waals surface area contributed by atoms with Crippen LogP contribution in [-0.4, -0.2) is 47.3 Å². The SMILES string of the molecule is CCN(CC)C1=NC(=O)[C@@H](CC(=O)Nc2cc(Cl)ccc2OC)S1. The van der Waals surface area contributed by atoms with Gasteiger partial charge in [0.1, 0.15) is 11.0 Å². The fourth-order valence-corrected chi connectivity index (χ4v) is 3.65. The molecule has 0 spiro atoms. The van der Waals surface area contributed by atoms with Crippen molar-refractivity contribution in [1.82, 2.24) is 4.90 Å². The average Bonchev–Trinajstić information content (AvgIpc) is 2.89. The lowest BCUT2D eigenvalue weighted by atomic mass is 10.2. The Kier molecular flexibility index (Phi) is 6.51. The first-order chi connectivity index (χ1) is 11.5. The molecule has 1 aliphatic rings. The zero-order valence-electron chi connectivity index (χ0n) is 13.8. The molecule has 2 amide bonds. The second kappa shape index (κ2) is 8.39. The molecule has 1 aliphatic heterocycles. The van der Waals surface area contributed by atoms with Crippen LogP contribution < -0.4 is 10.1 Å². The first-order valence-electron chi connectivity index (χ1n) is 7.66. The Morgan fingerprint density at radius 2 is 2.12 bits per heavy atom. The van der Waals surface area contributed by atoms with Gasteiger partial charge in [-0.2, -0.15) is 4.99 Å². The lowest BCUT2D eigenvalue weighted by Gasteiger charge is -2.19. The molecular formula is C16H20ClN3O3S. The van der Waals surface area contributed by atoms with E-state index in [-0.39, 0.29) is 18.2 Å². The van der Waals surface area contributed by atoms with Crippen molar-refractivity contribution in [2.75, 3.05) is 25.5 Å². The van der Waals surface area contributed by atoms with Crippen LogP contribution >= 0.6 is 23.4 Å². The topological polar surface area (TPSA) is 71.0 Å². The number of rotatable bonds is 6. The molecule has 1 atom stereocenters. The number of amidine groups is 1. The van der Waals surface area contributed by atoms with E-state index < -0.39 is 5.25 Å². The smallest absolute Gasteiger partial charge is 0.262 e. The summed E-state index contributed by atoms with van der Waals surface area (Å²) in [5, 5.41) is 3.42. The first-order valence-corrected chi connectivity index (χ1v) is 8.91. The first kappa shape index (κ1) is 18.6. The van der Waals surface area contributed by atoms with Crippen molar-refractivity contribution in [2.45, 2.75) is 25.5 Å². The number of benzene rings is 1. The minimum Gasteiger partial charge on any atom is -0.495 e. The van der Waals surface area contributed by atoms with Crippen molar-refractivity contribution >= 4 is 46.0 Å². The molecule has 1 aromatic rings. The van der Waals surface area contributed by atoms with Crippen LogP contribution in [0.4, 0.5) is 5.69 Å². The van der Waals surface area contributed by atoms with Gasteiger partial charge in [-0.25, -0.2) is 0 Å². The number of ether oxygens (including phenoxy) is 1. The molecule has 6 nitrogen and oxygen atoms in total. The van der Waals surface area contributed by atoms with Crippen molar-refractivity contribution in [3.63, 3.8) is 0 Å². The van der Waals surface area contributed by atoms with Gasteiger partial charge in [0.2, 0.25) is 5.91 Å². The molecule has 1 heterocycles. The van der Waals surface area contributed by atoms with Crippen molar-refractivity contribution in [1.29, 1.82) is 0 Å². The summed E-state index contributed by atoms with van der Waals surface area (Å²) in [6, 6.07) is 4.96. The Balaban J connectivity index is 1.99. The number of anilines is 1. The van der Waals surface area contributed by atoms with Crippen LogP contribution in [0.5, 0.6) is 5.75 Å². The number of carbonyl (C=O) groups is 2. The highest BCUT2D eigenvalue weighted by molar-refractivity contribution is 8.15. The van der Waals surface area contributed by atoms with E-state index in [1.165, 1.54) is 18.9 Å². The minimum atomic E-state index is -0.495. The fraction of sp³-hybridized carbons (Fsp3) is 0.438. The number of hydrogen-bond acceptors (Lipinski definition) is 5. The van der Waals surface area contributed by atoms with Gasteiger partial charge in [-0.1, -0.05) is 23.4 Å². The van der Waals surface area contributed by atoms with Gasteiger partial charge in [-0.3, -0.25) is 9.59 Å². The second-order valence-corrected chi connectivity index (χ2v) is 6.71. The number of aliphatic imine (C=N–C) groups is 1. The van der Waals surface area contributed by atoms with Gasteiger partial charge in [0.15, 0.2) is 5.17 Å². The molecule has 2 rings (SSSR count). The Bertz CT molecular complexity index is 662. The fourth-order valence-electron chi connectivity index (χ4n) is 2.29. The van der Waals surface area contributed by atoms with Crippen LogP contribution in [0.25, 0.3) is 0 Å². The summed E-state index contributed by atoms with van der Waals surface area (Å²) in [5.74, 6) is -0.0363. The van der Waals surface area contributed by atoms with E-state index in [1.54, 1.807) is 18.2 Å². The van der Waals surface area contributed by atoms with E-state index in [9.17, 15) is 9.59 Å². The molecule has 0 bridgehead atoms. The van der Waals surface area contributed by atoms with Crippen LogP contribution in [-0.2, 0) is 9.59 Å². The molecule has 24 heavy (non-hydrogen) atoms. The molecule has 0 unspecified atom stereocenters. The maximum atomic E-state index is 12.3. The van der Waals surface area contributed by atoms with Crippen LogP contribution in [0, 0.1) is 0 Å². The minimum absolute atomic E-state index is 0.0490. The lowest BCUT2D eigenvalue weighted by Crippen LogP contribution is -2.27. The summed E-state index contributed by atoms with van der Waals surface area (Å²) < 4.78 is 5.20. The third kappa shape index (κ3) is 4.42. The number of amides is 2. The Labute approximate surface area is 150 Å². The third-order valence-corrected chi connectivity index (χ3v) is 5.02. The number of methoxy groups -OCH3 is 1. The molecule has 0 radical (unpaired) electrons. The molecule has 0 aliphatic carbocycles. The predicted octanol–water partition coefficient (Wildman–Crippen LogP) is 3.02. The number of nitrogens with one attached hydrogen (secondary N) is 1. The van der Waals surface area contributed by atoms with Gasteiger partial charge in [-0.05, 0) is 32.0 Å². The van der Waals surface area contributed by atoms with E-state index in [0.29, 0.717) is 21.6 Å². The van der Waals surface area contributed by atoms with Gasteiger partial charge in [0, 0.05) is 24.5 Å². The average molecular weight is 370 g/mol. The van der Waals surface area contributed by atoms with Gasteiger partial charge < -0.3 is 15.0 Å². The van der Waals surface area contributed by atoms with Gasteiger partial charge in [0.05, 0.1) is 12.8 Å². The van der Waals surface area contributed by atoms with Gasteiger partial charge in [-0.15, -0.1) is 0 Å². The number of thioether (sulfide) groups is 1. The largest absolute Gasteiger partial charge is 0.495 e. The van der Waals surface area contributed by atoms with E-state index in [2.05, 4.69) is 10.3 Å². The van der Waals surface area contributed by atoms with E-state index in [4.69, 9.17) is 16.3 Å². The standard InChI is InChI=1S/C16H20ClN3O3S/c1-4-20(5-2)16-19-15(22)13(24-16)9-14(21)18-11-8-10(17)6-7-12(11)23-3/h6-8,13H,4-5,9H2,1-3H3,(H,18,21)/t13-/m1/s1. The molecule has 0 aromatic heterocycles. The van der Waals surface area contributed by atoms with Crippen LogP contribution in [0.1, 0.15) is 20.3 Å². The maximum Gasteiger partial charge on any atom is 0.262 e. The van der Waals surface area contributed by atoms with E-state index in [0.717, 1.165) is 13.1 Å². The molecule has 0 fully saturated rings. The van der Waals surface area contributed by atoms with Crippen LogP contribution in [0.15, 0.2) is 23.2 Å². The molecule has 130 valence electrons. The van der Waals surface area contributed by atoms with Crippen molar-refractivity contribution in [3.8, 4) is 5.75 Å². The van der Waals surface area contributed by atoms with E-state index >= 15 is 0 Å². The normalized spacial score (nSPS) is 16.8. The Morgan fingerprint density at radius 3 is 2.75 bits per heavy atom. The second-order valence-electron chi connectivity index (χ2n) is 5.11. The molecule has 1 aromatic carbocycles. The summed E-state index contributed by atoms with van der Waals surface area (Å²) in [5.41, 5.74) is 0.482. The summed E-state index contributed by atoms with van der Waals surface area (Å²) >= 11 is 7.28. The lowest BCUT2D eigenvalue weighted by molar-refractivity contribution is -0.121. The Hall–Kier alpha value is -1.73. The molecule has 8 heteroatoms. The summed E-state index contributed by atoms with van der Waals surface area (Å²) in [6.45, 7) is 5.55. The quantitative estimate of drug-likeness (QED) is 0.834. The predicted molar refractivity (Wildman–Crippen MR) is 98.0 cm³/mol. The van der Waals surface area contributed by atoms with Crippen LogP contribution in [0.3, 0.4) is 0 Å². The van der Waals surface area contributed by atoms with Crippen molar-refractivity contribution < 1.29 is 14.3 Å².